The summed E-state index contributed by atoms with van der Waals surface area (Å²) in [4.78, 5) is 41.4. The fraction of sp³-hybridized carbons (Fsp3) is 0.250. The number of benzene rings is 3. The number of aliphatic hydroxyl groups is 1. The summed E-state index contributed by atoms with van der Waals surface area (Å²) in [5.74, 6) is -0.705. The molecule has 1 atom stereocenters. The van der Waals surface area contributed by atoms with E-state index in [0.717, 1.165) is 6.42 Å². The molecule has 0 bridgehead atoms. The highest BCUT2D eigenvalue weighted by Crippen LogP contribution is 2.21. The van der Waals surface area contributed by atoms with Gasteiger partial charge in [0.1, 0.15) is 6.54 Å². The van der Waals surface area contributed by atoms with Crippen molar-refractivity contribution in [2.75, 3.05) is 35.3 Å². The molecule has 0 aliphatic heterocycles. The molecular formula is C28H32N4O4. The van der Waals surface area contributed by atoms with Crippen molar-refractivity contribution in [3.8, 4) is 0 Å². The third-order valence-electron chi connectivity index (χ3n) is 5.67. The predicted molar refractivity (Wildman–Crippen MR) is 142 cm³/mol. The minimum absolute atomic E-state index is 0.186. The standard InChI is InChI=1S/C28H32N4O4/c1-3-11-25(33)21-12-10-13-22(18-21)30-28(36)29-19-26(34)32(24-16-8-5-9-17-24)20-27(35)31(2)23-14-6-4-7-15-23/h4-10,12-18,25,33H,3,11,19-20H2,1-2H3,(H2,29,30,36). The van der Waals surface area contributed by atoms with Crippen LogP contribution in [0.5, 0.6) is 0 Å². The van der Waals surface area contributed by atoms with Gasteiger partial charge in [-0.15, -0.1) is 0 Å². The third kappa shape index (κ3) is 7.41. The first-order valence-electron chi connectivity index (χ1n) is 11.9. The third-order valence-corrected chi connectivity index (χ3v) is 5.67. The number of likely N-dealkylation sites (N-methyl/N-ethyl adjacent to an activating group) is 1. The highest BCUT2D eigenvalue weighted by molar-refractivity contribution is 6.05. The molecule has 8 nitrogen and oxygen atoms in total. The van der Waals surface area contributed by atoms with Gasteiger partial charge in [-0.25, -0.2) is 4.79 Å². The first kappa shape index (κ1) is 26.4. The van der Waals surface area contributed by atoms with Crippen LogP contribution in [0.2, 0.25) is 0 Å². The Balaban J connectivity index is 1.64. The van der Waals surface area contributed by atoms with Gasteiger partial charge in [-0.3, -0.25) is 9.59 Å². The summed E-state index contributed by atoms with van der Waals surface area (Å²) < 4.78 is 0. The van der Waals surface area contributed by atoms with E-state index >= 15 is 0 Å². The average Bonchev–Trinajstić information content (AvgIpc) is 2.91. The van der Waals surface area contributed by atoms with Crippen LogP contribution >= 0.6 is 0 Å². The normalized spacial score (nSPS) is 11.3. The van der Waals surface area contributed by atoms with Crippen LogP contribution in [0.15, 0.2) is 84.9 Å². The van der Waals surface area contributed by atoms with E-state index in [1.807, 2.05) is 43.3 Å². The van der Waals surface area contributed by atoms with Crippen molar-refractivity contribution < 1.29 is 19.5 Å². The number of hydrogen-bond acceptors (Lipinski definition) is 4. The van der Waals surface area contributed by atoms with Crippen LogP contribution in [-0.2, 0) is 9.59 Å². The number of anilines is 3. The van der Waals surface area contributed by atoms with Crippen molar-refractivity contribution in [2.45, 2.75) is 25.9 Å². The Bertz CT molecular complexity index is 1150. The van der Waals surface area contributed by atoms with Gasteiger partial charge in [0.05, 0.1) is 12.6 Å². The average molecular weight is 489 g/mol. The van der Waals surface area contributed by atoms with Gasteiger partial charge in [0.25, 0.3) is 0 Å². The van der Waals surface area contributed by atoms with Crippen molar-refractivity contribution in [1.29, 1.82) is 0 Å². The monoisotopic (exact) mass is 488 g/mol. The number of aliphatic hydroxyl groups excluding tert-OH is 1. The summed E-state index contributed by atoms with van der Waals surface area (Å²) in [6.07, 6.45) is 0.855. The first-order valence-corrected chi connectivity index (χ1v) is 11.9. The van der Waals surface area contributed by atoms with Crippen molar-refractivity contribution in [3.05, 3.63) is 90.5 Å². The summed E-state index contributed by atoms with van der Waals surface area (Å²) in [5.41, 5.74) is 2.48. The largest absolute Gasteiger partial charge is 0.388 e. The van der Waals surface area contributed by atoms with Crippen LogP contribution < -0.4 is 20.4 Å². The Kier molecular flexibility index (Phi) is 9.59. The summed E-state index contributed by atoms with van der Waals surface area (Å²) in [6, 6.07) is 24.4. The number of urea groups is 1. The molecule has 0 aliphatic rings. The summed E-state index contributed by atoms with van der Waals surface area (Å²) in [7, 11) is 1.66. The number of carbonyl (C=O) groups is 3. The van der Waals surface area contributed by atoms with Crippen LogP contribution in [0.1, 0.15) is 31.4 Å². The second-order valence-electron chi connectivity index (χ2n) is 8.34. The van der Waals surface area contributed by atoms with Crippen LogP contribution in [0.3, 0.4) is 0 Å². The Hall–Kier alpha value is -4.17. The second-order valence-corrected chi connectivity index (χ2v) is 8.34. The maximum atomic E-state index is 13.1. The van der Waals surface area contributed by atoms with Gasteiger partial charge in [0.15, 0.2) is 0 Å². The molecule has 8 heteroatoms. The Morgan fingerprint density at radius 2 is 1.50 bits per heavy atom. The topological polar surface area (TPSA) is 102 Å². The van der Waals surface area contributed by atoms with Crippen molar-refractivity contribution in [2.24, 2.45) is 0 Å². The molecule has 3 rings (SSSR count). The molecule has 36 heavy (non-hydrogen) atoms. The van der Waals surface area contributed by atoms with Gasteiger partial charge in [-0.1, -0.05) is 61.9 Å². The van der Waals surface area contributed by atoms with E-state index in [4.69, 9.17) is 0 Å². The van der Waals surface area contributed by atoms with E-state index in [-0.39, 0.29) is 19.0 Å². The first-order chi connectivity index (χ1) is 17.4. The lowest BCUT2D eigenvalue weighted by molar-refractivity contribution is -0.121. The lowest BCUT2D eigenvalue weighted by Gasteiger charge is -2.25. The lowest BCUT2D eigenvalue weighted by atomic mass is 10.0. The lowest BCUT2D eigenvalue weighted by Crippen LogP contribution is -2.46. The minimum atomic E-state index is -0.604. The van der Waals surface area contributed by atoms with Gasteiger partial charge in [0.2, 0.25) is 11.8 Å². The molecular weight excluding hydrogens is 456 g/mol. The number of nitrogens with zero attached hydrogens (tertiary/aromatic N) is 2. The Labute approximate surface area is 211 Å². The van der Waals surface area contributed by atoms with Crippen molar-refractivity contribution >= 4 is 34.9 Å². The van der Waals surface area contributed by atoms with E-state index in [1.165, 1.54) is 9.80 Å². The quantitative estimate of drug-likeness (QED) is 0.395. The molecule has 4 amide bonds. The molecule has 188 valence electrons. The molecule has 0 radical (unpaired) electrons. The summed E-state index contributed by atoms with van der Waals surface area (Å²) in [5, 5.41) is 15.4. The fourth-order valence-electron chi connectivity index (χ4n) is 3.66. The van der Waals surface area contributed by atoms with Gasteiger partial charge >= 0.3 is 6.03 Å². The minimum Gasteiger partial charge on any atom is -0.388 e. The molecule has 1 unspecified atom stereocenters. The van der Waals surface area contributed by atoms with E-state index in [2.05, 4.69) is 10.6 Å². The Morgan fingerprint density at radius 1 is 0.861 bits per heavy atom. The van der Waals surface area contributed by atoms with Gasteiger partial charge in [-0.05, 0) is 48.4 Å². The summed E-state index contributed by atoms with van der Waals surface area (Å²) in [6.45, 7) is 1.50. The fourth-order valence-corrected chi connectivity index (χ4v) is 3.66. The maximum Gasteiger partial charge on any atom is 0.319 e. The highest BCUT2D eigenvalue weighted by Gasteiger charge is 2.22. The molecule has 3 aromatic carbocycles. The molecule has 0 fully saturated rings. The number of nitrogens with one attached hydrogen (secondary N) is 2. The van der Waals surface area contributed by atoms with Crippen molar-refractivity contribution in [3.63, 3.8) is 0 Å². The van der Waals surface area contributed by atoms with Crippen LogP contribution in [0.4, 0.5) is 21.9 Å². The number of para-hydroxylation sites is 2. The number of rotatable bonds is 10. The van der Waals surface area contributed by atoms with Gasteiger partial charge in [0, 0.05) is 24.1 Å². The molecule has 3 aromatic rings. The predicted octanol–water partition coefficient (Wildman–Crippen LogP) is 4.34. The highest BCUT2D eigenvalue weighted by atomic mass is 16.3. The van der Waals surface area contributed by atoms with E-state index in [9.17, 15) is 19.5 Å². The molecule has 0 saturated carbocycles. The van der Waals surface area contributed by atoms with Crippen LogP contribution in [-0.4, -0.2) is 43.1 Å². The molecule has 0 aliphatic carbocycles. The zero-order valence-electron chi connectivity index (χ0n) is 20.6. The maximum absolute atomic E-state index is 13.1. The summed E-state index contributed by atoms with van der Waals surface area (Å²) >= 11 is 0. The number of hydrogen-bond donors (Lipinski definition) is 3. The zero-order chi connectivity index (χ0) is 25.9. The number of amides is 4. The Morgan fingerprint density at radius 3 is 2.14 bits per heavy atom. The molecule has 0 heterocycles. The SMILES string of the molecule is CCCC(O)c1cccc(NC(=O)NCC(=O)N(CC(=O)N(C)c2ccccc2)c2ccccc2)c1. The van der Waals surface area contributed by atoms with Crippen LogP contribution in [0, 0.1) is 0 Å². The molecule has 0 saturated heterocycles. The van der Waals surface area contributed by atoms with Crippen molar-refractivity contribution in [1.82, 2.24) is 5.32 Å². The van der Waals surface area contributed by atoms with E-state index in [0.29, 0.717) is 29.0 Å². The van der Waals surface area contributed by atoms with E-state index < -0.39 is 18.0 Å². The van der Waals surface area contributed by atoms with E-state index in [1.54, 1.807) is 55.6 Å². The second kappa shape index (κ2) is 13.1. The zero-order valence-corrected chi connectivity index (χ0v) is 20.6. The van der Waals surface area contributed by atoms with Gasteiger partial charge in [-0.2, -0.15) is 0 Å². The molecule has 0 spiro atoms. The smallest absolute Gasteiger partial charge is 0.319 e. The van der Waals surface area contributed by atoms with Crippen LogP contribution in [0.25, 0.3) is 0 Å². The molecule has 3 N–H and O–H groups in total. The number of carbonyl (C=O) groups excluding carboxylic acids is 3. The molecule has 0 aromatic heterocycles. The van der Waals surface area contributed by atoms with Gasteiger partial charge < -0.3 is 25.5 Å².